The third-order valence-electron chi connectivity index (χ3n) is 5.46. The van der Waals surface area contributed by atoms with Crippen LogP contribution < -0.4 is 9.47 Å². The van der Waals surface area contributed by atoms with E-state index in [1.54, 1.807) is 11.0 Å². The van der Waals surface area contributed by atoms with Crippen molar-refractivity contribution in [1.82, 2.24) is 4.90 Å². The molecule has 0 fully saturated rings. The van der Waals surface area contributed by atoms with Crippen LogP contribution in [0.25, 0.3) is 11.8 Å². The third-order valence-corrected chi connectivity index (χ3v) is 6.29. The second-order valence-electron chi connectivity index (χ2n) is 8.01. The second-order valence-corrected chi connectivity index (χ2v) is 8.85. The van der Waals surface area contributed by atoms with E-state index in [0.29, 0.717) is 24.1 Å². The molecule has 174 valence electrons. The molecule has 0 radical (unpaired) electrons. The van der Waals surface area contributed by atoms with Crippen LogP contribution in [0.4, 0.5) is 0 Å². The Morgan fingerprint density at radius 1 is 0.943 bits per heavy atom. The zero-order valence-electron chi connectivity index (χ0n) is 19.1. The first-order valence-electron chi connectivity index (χ1n) is 11.2. The molecule has 1 N–H and O–H groups in total. The van der Waals surface area contributed by atoms with Crippen LogP contribution in [0.15, 0.2) is 94.8 Å². The molecule has 0 aliphatic carbocycles. The van der Waals surface area contributed by atoms with Gasteiger partial charge in [-0.15, -0.1) is 0 Å². The fourth-order valence-corrected chi connectivity index (χ4v) is 4.69. The van der Waals surface area contributed by atoms with Crippen LogP contribution in [-0.4, -0.2) is 35.0 Å². The molecular weight excluding hydrogens is 458 g/mol. The van der Waals surface area contributed by atoms with Crippen molar-refractivity contribution >= 4 is 40.4 Å². The average Bonchev–Trinajstić information content (AvgIpc) is 3.29. The van der Waals surface area contributed by atoms with Gasteiger partial charge in [0.25, 0.3) is 5.91 Å². The number of benzene rings is 3. The number of carbonyl (C=O) groups excluding carboxylic acids is 1. The molecule has 35 heavy (non-hydrogen) atoms. The van der Waals surface area contributed by atoms with Gasteiger partial charge in [-0.25, -0.2) is 0 Å². The van der Waals surface area contributed by atoms with Crippen LogP contribution >= 0.6 is 11.8 Å². The van der Waals surface area contributed by atoms with Crippen LogP contribution in [0.2, 0.25) is 0 Å². The van der Waals surface area contributed by atoms with Crippen LogP contribution in [0, 0.1) is 12.3 Å². The van der Waals surface area contributed by atoms with Crippen molar-refractivity contribution in [3.8, 4) is 11.5 Å². The molecule has 3 aromatic carbocycles. The fourth-order valence-electron chi connectivity index (χ4n) is 3.80. The zero-order chi connectivity index (χ0) is 24.2. The molecule has 0 unspecified atom stereocenters. The summed E-state index contributed by atoms with van der Waals surface area (Å²) in [5.74, 6) is 1.16. The molecular formula is C28H23N3O3S. The van der Waals surface area contributed by atoms with E-state index < -0.39 is 5.91 Å². The molecule has 3 aromatic rings. The van der Waals surface area contributed by atoms with Crippen molar-refractivity contribution < 1.29 is 14.3 Å². The number of fused-ring (bicyclic) bond motifs is 1. The number of hydrogen-bond acceptors (Lipinski definition) is 5. The first-order valence-corrected chi connectivity index (χ1v) is 12.0. The van der Waals surface area contributed by atoms with Crippen molar-refractivity contribution in [2.24, 2.45) is 4.99 Å². The summed E-state index contributed by atoms with van der Waals surface area (Å²) in [4.78, 5) is 18.7. The number of amides is 1. The van der Waals surface area contributed by atoms with E-state index in [1.807, 2.05) is 91.2 Å². The Morgan fingerprint density at radius 3 is 2.40 bits per heavy atom. The smallest absolute Gasteiger partial charge is 0.283 e. The molecule has 0 bridgehead atoms. The largest absolute Gasteiger partial charge is 0.490 e. The molecule has 0 spiro atoms. The fraction of sp³-hybridized carbons (Fsp3) is 0.107. The highest BCUT2D eigenvalue weighted by Gasteiger charge is 2.36. The van der Waals surface area contributed by atoms with Crippen LogP contribution in [0.1, 0.15) is 16.7 Å². The van der Waals surface area contributed by atoms with Crippen molar-refractivity contribution in [2.45, 2.75) is 6.92 Å². The molecule has 0 atom stereocenters. The monoisotopic (exact) mass is 481 g/mol. The lowest BCUT2D eigenvalue weighted by atomic mass is 10.1. The number of amidine groups is 2. The van der Waals surface area contributed by atoms with Gasteiger partial charge in [0.15, 0.2) is 5.17 Å². The lowest BCUT2D eigenvalue weighted by Crippen LogP contribution is -2.38. The van der Waals surface area contributed by atoms with Gasteiger partial charge in [0, 0.05) is 5.41 Å². The van der Waals surface area contributed by atoms with Crippen LogP contribution in [0.3, 0.4) is 0 Å². The SMILES string of the molecule is Cc1cccc(OCCOc2cccc(C=C3C(=N)N4C(c5ccccc5)=CSC4=NC3=O)c2)c1. The zero-order valence-corrected chi connectivity index (χ0v) is 19.9. The Morgan fingerprint density at radius 2 is 1.66 bits per heavy atom. The molecule has 6 nitrogen and oxygen atoms in total. The summed E-state index contributed by atoms with van der Waals surface area (Å²) in [6.07, 6.45) is 1.69. The Bertz CT molecular complexity index is 1380. The third kappa shape index (κ3) is 5.05. The normalized spacial score (nSPS) is 16.1. The van der Waals surface area contributed by atoms with Gasteiger partial charge in [0.05, 0.1) is 11.3 Å². The predicted molar refractivity (Wildman–Crippen MR) is 141 cm³/mol. The van der Waals surface area contributed by atoms with E-state index in [0.717, 1.165) is 28.1 Å². The number of hydrogen-bond donors (Lipinski definition) is 1. The Labute approximate surface area is 208 Å². The number of aliphatic imine (C=N–C) groups is 1. The lowest BCUT2D eigenvalue weighted by Gasteiger charge is -2.26. The average molecular weight is 482 g/mol. The van der Waals surface area contributed by atoms with Gasteiger partial charge in [0.1, 0.15) is 30.5 Å². The van der Waals surface area contributed by atoms with E-state index in [4.69, 9.17) is 14.9 Å². The number of thioether (sulfide) groups is 1. The number of rotatable bonds is 7. The van der Waals surface area contributed by atoms with E-state index >= 15 is 0 Å². The topological polar surface area (TPSA) is 75.0 Å². The summed E-state index contributed by atoms with van der Waals surface area (Å²) >= 11 is 1.35. The number of nitrogens with one attached hydrogen (secondary N) is 1. The van der Waals surface area contributed by atoms with E-state index in [1.165, 1.54) is 11.8 Å². The highest BCUT2D eigenvalue weighted by Crippen LogP contribution is 2.37. The van der Waals surface area contributed by atoms with Gasteiger partial charge in [0.2, 0.25) is 0 Å². The molecule has 0 aromatic heterocycles. The molecule has 0 saturated heterocycles. The van der Waals surface area contributed by atoms with E-state index in [9.17, 15) is 4.79 Å². The minimum Gasteiger partial charge on any atom is -0.490 e. The van der Waals surface area contributed by atoms with Gasteiger partial charge >= 0.3 is 0 Å². The van der Waals surface area contributed by atoms with Crippen molar-refractivity contribution in [3.63, 3.8) is 0 Å². The number of ether oxygens (including phenoxy) is 2. The predicted octanol–water partition coefficient (Wildman–Crippen LogP) is 5.76. The van der Waals surface area contributed by atoms with E-state index in [-0.39, 0.29) is 11.4 Å². The maximum absolute atomic E-state index is 12.7. The Kier molecular flexibility index (Phi) is 6.50. The molecule has 2 heterocycles. The quantitative estimate of drug-likeness (QED) is 0.343. The molecule has 1 amide bonds. The van der Waals surface area contributed by atoms with Gasteiger partial charge in [-0.05, 0) is 54.0 Å². The van der Waals surface area contributed by atoms with Crippen molar-refractivity contribution in [3.05, 3.63) is 107 Å². The maximum atomic E-state index is 12.7. The minimum atomic E-state index is -0.422. The molecule has 5 rings (SSSR count). The molecule has 7 heteroatoms. The van der Waals surface area contributed by atoms with Crippen LogP contribution in [0.5, 0.6) is 11.5 Å². The summed E-state index contributed by atoms with van der Waals surface area (Å²) in [5, 5.41) is 11.2. The number of carbonyl (C=O) groups is 1. The highest BCUT2D eigenvalue weighted by atomic mass is 32.2. The van der Waals surface area contributed by atoms with Gasteiger partial charge in [-0.2, -0.15) is 4.99 Å². The number of nitrogens with zero attached hydrogens (tertiary/aromatic N) is 2. The highest BCUT2D eigenvalue weighted by molar-refractivity contribution is 8.17. The summed E-state index contributed by atoms with van der Waals surface area (Å²) in [6.45, 7) is 2.82. The lowest BCUT2D eigenvalue weighted by molar-refractivity contribution is -0.114. The number of aryl methyl sites for hydroxylation is 1. The Hall–Kier alpha value is -4.10. The van der Waals surface area contributed by atoms with Crippen LogP contribution in [-0.2, 0) is 4.79 Å². The van der Waals surface area contributed by atoms with Crippen molar-refractivity contribution in [1.29, 1.82) is 5.41 Å². The van der Waals surface area contributed by atoms with E-state index in [2.05, 4.69) is 4.99 Å². The van der Waals surface area contributed by atoms with Gasteiger partial charge in [-0.3, -0.25) is 15.1 Å². The Balaban J connectivity index is 1.29. The molecule has 0 saturated carbocycles. The van der Waals surface area contributed by atoms with Crippen molar-refractivity contribution in [2.75, 3.05) is 13.2 Å². The first-order chi connectivity index (χ1) is 17.1. The standard InChI is InChI=1S/C28H23N3O3S/c1-19-7-5-11-22(15-19)33-13-14-34-23-12-6-8-20(16-23)17-24-26(29)31-25(21-9-3-2-4-10-21)18-35-28(31)30-27(24)32/h2-12,15-18,29H,13-14H2,1H3. The second kappa shape index (κ2) is 10.0. The van der Waals surface area contributed by atoms with Gasteiger partial charge in [-0.1, -0.05) is 66.4 Å². The summed E-state index contributed by atoms with van der Waals surface area (Å²) in [5.41, 5.74) is 3.93. The summed E-state index contributed by atoms with van der Waals surface area (Å²) in [7, 11) is 0. The summed E-state index contributed by atoms with van der Waals surface area (Å²) < 4.78 is 11.6. The maximum Gasteiger partial charge on any atom is 0.283 e. The van der Waals surface area contributed by atoms with Gasteiger partial charge < -0.3 is 9.47 Å². The first kappa shape index (κ1) is 22.7. The molecule has 2 aliphatic rings. The minimum absolute atomic E-state index is 0.109. The molecule has 2 aliphatic heterocycles. The summed E-state index contributed by atoms with van der Waals surface area (Å²) in [6, 6.07) is 25.1.